The van der Waals surface area contributed by atoms with Gasteiger partial charge in [-0.15, -0.1) is 0 Å². The minimum Gasteiger partial charge on any atom is -0.320 e. The molecule has 0 amide bonds. The molecule has 0 radical (unpaired) electrons. The Bertz CT molecular complexity index is 141. The van der Waals surface area contributed by atoms with Crippen LogP contribution in [0.1, 0.15) is 13.8 Å². The zero-order chi connectivity index (χ0) is 10.1. The molecule has 0 fully saturated rings. The molecule has 0 heterocycles. The first-order chi connectivity index (χ1) is 5.59. The molecule has 0 aliphatic heterocycles. The van der Waals surface area contributed by atoms with Gasteiger partial charge in [0.25, 0.3) is 0 Å². The van der Waals surface area contributed by atoms with E-state index in [0.29, 0.717) is 0 Å². The Hall–Kier alpha value is -0.266. The van der Waals surface area contributed by atoms with Crippen molar-refractivity contribution in [1.82, 2.24) is 0 Å². The van der Waals surface area contributed by atoms with Crippen molar-refractivity contribution in [2.45, 2.75) is 19.9 Å². The maximum atomic E-state index is 10.7. The van der Waals surface area contributed by atoms with Crippen molar-refractivity contribution in [1.29, 1.82) is 0 Å². The molecule has 6 nitrogen and oxygen atoms in total. The van der Waals surface area contributed by atoms with E-state index in [1.165, 1.54) is 0 Å². The van der Waals surface area contributed by atoms with Crippen LogP contribution in [0.3, 0.4) is 0 Å². The Morgan fingerprint density at radius 1 is 1.50 bits per heavy atom. The predicted molar refractivity (Wildman–Crippen MR) is 35.6 cm³/mol. The van der Waals surface area contributed by atoms with Crippen LogP contribution < -0.4 is 11.6 Å². The van der Waals surface area contributed by atoms with Crippen molar-refractivity contribution in [2.24, 2.45) is 17.5 Å². The van der Waals surface area contributed by atoms with Gasteiger partial charge in [0.2, 0.25) is 0 Å². The molecule has 0 aromatic heterocycles. The third-order valence-corrected chi connectivity index (χ3v) is 1.52. The Morgan fingerprint density at radius 3 is 2.17 bits per heavy atom. The summed E-state index contributed by atoms with van der Waals surface area (Å²) in [7, 11) is 0. The summed E-state index contributed by atoms with van der Waals surface area (Å²) < 4.78 is 14.1. The summed E-state index contributed by atoms with van der Waals surface area (Å²) >= 11 is -1.55. The summed E-state index contributed by atoms with van der Waals surface area (Å²) in [4.78, 5) is 10.7. The maximum Gasteiger partial charge on any atom is -0.219 e. The SMILES string of the molecule is CC(C)[C@H](N)C(=O)[O][V]=[O].NO. The van der Waals surface area contributed by atoms with Crippen molar-refractivity contribution in [3.05, 3.63) is 0 Å². The van der Waals surface area contributed by atoms with E-state index in [1.54, 1.807) is 13.8 Å². The van der Waals surface area contributed by atoms with Gasteiger partial charge in [-0.2, -0.15) is 0 Å². The zero-order valence-corrected chi connectivity index (χ0v) is 8.33. The molecule has 0 aliphatic rings. The van der Waals surface area contributed by atoms with E-state index in [2.05, 4.69) is 9.56 Å². The topological polar surface area (TPSA) is 116 Å². The van der Waals surface area contributed by atoms with Crippen LogP contribution >= 0.6 is 0 Å². The van der Waals surface area contributed by atoms with Crippen LogP contribution in [0.25, 0.3) is 0 Å². The van der Waals surface area contributed by atoms with Gasteiger partial charge in [0, 0.05) is 0 Å². The molecule has 0 aromatic rings. The average molecular weight is 216 g/mol. The Labute approximate surface area is 77.9 Å². The summed E-state index contributed by atoms with van der Waals surface area (Å²) in [6.07, 6.45) is 0. The van der Waals surface area contributed by atoms with E-state index in [1.807, 2.05) is 0 Å². The van der Waals surface area contributed by atoms with Gasteiger partial charge >= 0.3 is 66.2 Å². The third-order valence-electron chi connectivity index (χ3n) is 1.12. The zero-order valence-electron chi connectivity index (χ0n) is 6.93. The quantitative estimate of drug-likeness (QED) is 0.531. The van der Waals surface area contributed by atoms with Crippen molar-refractivity contribution in [3.8, 4) is 0 Å². The maximum absolute atomic E-state index is 10.7. The molecule has 5 N–H and O–H groups in total. The van der Waals surface area contributed by atoms with Crippen molar-refractivity contribution in [3.63, 3.8) is 0 Å². The van der Waals surface area contributed by atoms with Gasteiger partial charge in [0.15, 0.2) is 0 Å². The molecular weight excluding hydrogens is 203 g/mol. The Kier molecular flexibility index (Phi) is 10.5. The Balaban J connectivity index is 0. The number of hydrogen-bond donors (Lipinski definition) is 3. The normalized spacial score (nSPS) is 11.2. The molecule has 72 valence electrons. The molecular formula is C5H13N2O4V. The molecule has 0 saturated carbocycles. The largest absolute Gasteiger partial charge is 0.320 e. The molecule has 0 aliphatic carbocycles. The van der Waals surface area contributed by atoms with E-state index in [-0.39, 0.29) is 5.92 Å². The van der Waals surface area contributed by atoms with Crippen molar-refractivity contribution in [2.75, 3.05) is 0 Å². The smallest absolute Gasteiger partial charge is 0.219 e. The molecule has 0 bridgehead atoms. The van der Waals surface area contributed by atoms with Crippen LogP contribution in [0.2, 0.25) is 0 Å². The molecule has 7 heteroatoms. The number of nitrogens with two attached hydrogens (primary N) is 2. The molecule has 12 heavy (non-hydrogen) atoms. The molecule has 0 aromatic carbocycles. The van der Waals surface area contributed by atoms with E-state index < -0.39 is 28.6 Å². The van der Waals surface area contributed by atoms with Gasteiger partial charge in [0.1, 0.15) is 0 Å². The number of carbonyl (C=O) groups is 1. The standard InChI is InChI=1S/C5H11NO2.H3NO.O.V/c1-3(2)4(6)5(7)8;1-2;;/h3-4H,6H2,1-2H3,(H,7,8);2H,1H2;;/q;;;+1/p-1/t4-;;;/m0.../s1. The first-order valence-electron chi connectivity index (χ1n) is 3.14. The summed E-state index contributed by atoms with van der Waals surface area (Å²) in [5, 5.41) is 6.50. The summed E-state index contributed by atoms with van der Waals surface area (Å²) in [6, 6.07) is -0.649. The number of rotatable bonds is 3. The summed E-state index contributed by atoms with van der Waals surface area (Å²) in [5.74, 6) is 2.95. The van der Waals surface area contributed by atoms with Crippen molar-refractivity contribution >= 4 is 5.97 Å². The second kappa shape index (κ2) is 8.83. The van der Waals surface area contributed by atoms with Crippen LogP contribution in [0.15, 0.2) is 0 Å². The second-order valence-electron chi connectivity index (χ2n) is 2.25. The Morgan fingerprint density at radius 2 is 1.92 bits per heavy atom. The minimum absolute atomic E-state index is 0.0280. The average Bonchev–Trinajstić information content (AvgIpc) is 2.07. The van der Waals surface area contributed by atoms with Crippen molar-refractivity contribution < 1.29 is 33.9 Å². The third kappa shape index (κ3) is 6.44. The minimum atomic E-state index is -1.55. The number of carbonyl (C=O) groups excluding carboxylic acids is 1. The fourth-order valence-electron chi connectivity index (χ4n) is 0.370. The predicted octanol–water partition coefficient (Wildman–Crippen LogP) is -0.810. The molecule has 0 rings (SSSR count). The van der Waals surface area contributed by atoms with Gasteiger partial charge in [-0.25, -0.2) is 5.90 Å². The fraction of sp³-hybridized carbons (Fsp3) is 0.800. The van der Waals surface area contributed by atoms with Crippen LogP contribution in [0, 0.1) is 5.92 Å². The van der Waals surface area contributed by atoms with Crippen LogP contribution in [-0.2, 0) is 28.7 Å². The summed E-state index contributed by atoms with van der Waals surface area (Å²) in [5.41, 5.74) is 5.35. The summed E-state index contributed by atoms with van der Waals surface area (Å²) in [6.45, 7) is 3.60. The number of hydrogen-bond acceptors (Lipinski definition) is 6. The fourth-order valence-corrected chi connectivity index (χ4v) is 0.675. The van der Waals surface area contributed by atoms with E-state index in [9.17, 15) is 8.47 Å². The first-order valence-corrected chi connectivity index (χ1v) is 4.28. The second-order valence-corrected chi connectivity index (χ2v) is 2.77. The molecule has 0 saturated heterocycles. The van der Waals surface area contributed by atoms with Gasteiger partial charge in [0.05, 0.1) is 0 Å². The van der Waals surface area contributed by atoms with Crippen LogP contribution in [0.4, 0.5) is 0 Å². The monoisotopic (exact) mass is 216 g/mol. The van der Waals surface area contributed by atoms with E-state index in [4.69, 9.17) is 10.9 Å². The van der Waals surface area contributed by atoms with Crippen LogP contribution in [-0.4, -0.2) is 17.2 Å². The van der Waals surface area contributed by atoms with Gasteiger partial charge in [-0.1, -0.05) is 0 Å². The van der Waals surface area contributed by atoms with E-state index in [0.717, 1.165) is 0 Å². The van der Waals surface area contributed by atoms with Gasteiger partial charge in [-0.05, 0) is 0 Å². The molecule has 1 atom stereocenters. The first kappa shape index (κ1) is 14.3. The van der Waals surface area contributed by atoms with Crippen LogP contribution in [0.5, 0.6) is 0 Å². The van der Waals surface area contributed by atoms with Gasteiger partial charge in [-0.3, -0.25) is 0 Å². The van der Waals surface area contributed by atoms with E-state index >= 15 is 0 Å². The van der Waals surface area contributed by atoms with Gasteiger partial charge < -0.3 is 5.21 Å². The molecule has 0 spiro atoms. The molecule has 0 unspecified atom stereocenters.